The van der Waals surface area contributed by atoms with Crippen molar-refractivity contribution in [2.24, 2.45) is 0 Å². The second-order valence-electron chi connectivity index (χ2n) is 3.13. The largest absolute Gasteiger partial charge is 0.465 e. The summed E-state index contributed by atoms with van der Waals surface area (Å²) in [6, 6.07) is 3.05. The Balaban J connectivity index is 4.58. The highest BCUT2D eigenvalue weighted by molar-refractivity contribution is 6.78. The highest BCUT2D eigenvalue weighted by Gasteiger charge is 2.35. The Morgan fingerprint density at radius 1 is 1.25 bits per heavy atom. The minimum absolute atomic E-state index is 0.771. The summed E-state index contributed by atoms with van der Waals surface area (Å²) in [5.41, 5.74) is 0. The van der Waals surface area contributed by atoms with Crippen molar-refractivity contribution in [1.29, 1.82) is 0 Å². The van der Waals surface area contributed by atoms with Gasteiger partial charge in [-0.05, 0) is 18.1 Å². The van der Waals surface area contributed by atoms with Crippen LogP contribution >= 0.6 is 0 Å². The summed E-state index contributed by atoms with van der Waals surface area (Å²) in [4.78, 5) is 10.8. The minimum atomic E-state index is -1.65. The number of rotatable bonds is 4. The van der Waals surface area contributed by atoms with E-state index in [1.54, 1.807) is 11.6 Å². The molecule has 0 saturated carbocycles. The van der Waals surface area contributed by atoms with Gasteiger partial charge in [-0.2, -0.15) is 0 Å². The number of hydrogen-bond donors (Lipinski definition) is 1. The van der Waals surface area contributed by atoms with E-state index in [2.05, 4.69) is 20.8 Å². The second-order valence-corrected chi connectivity index (χ2v) is 8.37. The van der Waals surface area contributed by atoms with Crippen molar-refractivity contribution in [1.82, 2.24) is 4.57 Å². The number of carbonyl (C=O) groups is 1. The first-order valence-corrected chi connectivity index (χ1v) is 7.07. The normalized spacial score (nSPS) is 11.3. The van der Waals surface area contributed by atoms with Crippen LogP contribution in [-0.4, -0.2) is 31.0 Å². The first-order valence-electron chi connectivity index (χ1n) is 4.50. The zero-order valence-corrected chi connectivity index (χ0v) is 9.42. The van der Waals surface area contributed by atoms with E-state index in [9.17, 15) is 4.79 Å². The van der Waals surface area contributed by atoms with E-state index in [4.69, 9.17) is 5.11 Å². The van der Waals surface area contributed by atoms with Gasteiger partial charge in [0, 0.05) is 7.05 Å². The maximum Gasteiger partial charge on any atom is 0.398 e. The van der Waals surface area contributed by atoms with Crippen molar-refractivity contribution < 1.29 is 9.90 Å². The molecule has 3 nitrogen and oxygen atoms in total. The van der Waals surface area contributed by atoms with E-state index in [-0.39, 0.29) is 0 Å². The minimum Gasteiger partial charge on any atom is -0.465 e. The number of carboxylic acid groups (broad SMARTS) is 1. The molecule has 0 atom stereocenters. The quantitative estimate of drug-likeness (QED) is 0.691. The standard InChI is InChI=1S/C8H19NO2Si/c1-5-12(6-2,7-3)9(4)8(10)11/h5-7H2,1-4H3,(H,10,11). The molecule has 0 spiro atoms. The van der Waals surface area contributed by atoms with Crippen molar-refractivity contribution in [2.45, 2.75) is 38.9 Å². The van der Waals surface area contributed by atoms with Gasteiger partial charge in [-0.25, -0.2) is 4.79 Å². The predicted molar refractivity (Wildman–Crippen MR) is 53.0 cm³/mol. The molecule has 72 valence electrons. The first kappa shape index (κ1) is 11.5. The molecule has 0 aromatic heterocycles. The van der Waals surface area contributed by atoms with Crippen molar-refractivity contribution in [3.05, 3.63) is 0 Å². The molecule has 1 amide bonds. The maximum absolute atomic E-state index is 10.8. The van der Waals surface area contributed by atoms with Gasteiger partial charge >= 0.3 is 6.09 Å². The smallest absolute Gasteiger partial charge is 0.398 e. The zero-order chi connectivity index (χ0) is 9.78. The van der Waals surface area contributed by atoms with Gasteiger partial charge in [-0.1, -0.05) is 20.8 Å². The molecule has 0 aliphatic carbocycles. The molecule has 0 aliphatic rings. The number of nitrogens with zero attached hydrogens (tertiary/aromatic N) is 1. The van der Waals surface area contributed by atoms with E-state index in [1.165, 1.54) is 0 Å². The van der Waals surface area contributed by atoms with Gasteiger partial charge in [0.05, 0.1) is 0 Å². The summed E-state index contributed by atoms with van der Waals surface area (Å²) in [6.07, 6.45) is -0.771. The third-order valence-electron chi connectivity index (χ3n) is 2.97. The van der Waals surface area contributed by atoms with Crippen LogP contribution in [0.25, 0.3) is 0 Å². The second kappa shape index (κ2) is 4.50. The average Bonchev–Trinajstić information content (AvgIpc) is 2.08. The molecule has 4 heteroatoms. The van der Waals surface area contributed by atoms with Crippen molar-refractivity contribution >= 4 is 14.3 Å². The fourth-order valence-corrected chi connectivity index (χ4v) is 4.99. The van der Waals surface area contributed by atoms with Crippen LogP contribution in [0.3, 0.4) is 0 Å². The average molecular weight is 189 g/mol. The van der Waals surface area contributed by atoms with Crippen molar-refractivity contribution in [3.8, 4) is 0 Å². The summed E-state index contributed by atoms with van der Waals surface area (Å²) < 4.78 is 1.58. The Bertz CT molecular complexity index is 149. The van der Waals surface area contributed by atoms with Gasteiger partial charge in [0.1, 0.15) is 0 Å². The molecule has 0 unspecified atom stereocenters. The number of amides is 1. The first-order chi connectivity index (χ1) is 5.54. The van der Waals surface area contributed by atoms with Gasteiger partial charge in [-0.15, -0.1) is 0 Å². The van der Waals surface area contributed by atoms with Crippen molar-refractivity contribution in [2.75, 3.05) is 7.05 Å². The molecular formula is C8H19NO2Si. The molecule has 12 heavy (non-hydrogen) atoms. The van der Waals surface area contributed by atoms with Crippen LogP contribution in [0.15, 0.2) is 0 Å². The Hall–Kier alpha value is -0.513. The van der Waals surface area contributed by atoms with Crippen LogP contribution < -0.4 is 0 Å². The lowest BCUT2D eigenvalue weighted by atomic mass is 10.9. The predicted octanol–water partition coefficient (Wildman–Crippen LogP) is 2.60. The summed E-state index contributed by atoms with van der Waals surface area (Å²) in [7, 11) is 0.0633. The number of hydrogen-bond acceptors (Lipinski definition) is 1. The molecule has 0 saturated heterocycles. The topological polar surface area (TPSA) is 40.5 Å². The fraction of sp³-hybridized carbons (Fsp3) is 0.875. The molecule has 1 N–H and O–H groups in total. The summed E-state index contributed by atoms with van der Waals surface area (Å²) in [6.45, 7) is 6.29. The zero-order valence-electron chi connectivity index (χ0n) is 8.42. The van der Waals surface area contributed by atoms with Gasteiger partial charge in [0.25, 0.3) is 0 Å². The molecule has 0 heterocycles. The molecule has 0 radical (unpaired) electrons. The van der Waals surface area contributed by atoms with Gasteiger partial charge < -0.3 is 9.67 Å². The summed E-state index contributed by atoms with van der Waals surface area (Å²) in [5, 5.41) is 8.87. The maximum atomic E-state index is 10.8. The van der Waals surface area contributed by atoms with Crippen LogP contribution in [0.2, 0.25) is 18.1 Å². The Morgan fingerprint density at radius 2 is 1.58 bits per heavy atom. The highest BCUT2D eigenvalue weighted by Crippen LogP contribution is 2.23. The lowest BCUT2D eigenvalue weighted by Crippen LogP contribution is -2.52. The van der Waals surface area contributed by atoms with Crippen LogP contribution in [0.5, 0.6) is 0 Å². The summed E-state index contributed by atoms with van der Waals surface area (Å²) in [5.74, 6) is 0. The SMILES string of the molecule is CC[Si](CC)(CC)N(C)C(=O)O. The summed E-state index contributed by atoms with van der Waals surface area (Å²) >= 11 is 0. The molecular weight excluding hydrogens is 170 g/mol. The fourth-order valence-electron chi connectivity index (χ4n) is 1.66. The van der Waals surface area contributed by atoms with Crippen molar-refractivity contribution in [3.63, 3.8) is 0 Å². The third-order valence-corrected chi connectivity index (χ3v) is 8.54. The van der Waals surface area contributed by atoms with E-state index < -0.39 is 14.3 Å². The lowest BCUT2D eigenvalue weighted by molar-refractivity contribution is 0.175. The van der Waals surface area contributed by atoms with Crippen LogP contribution in [0.1, 0.15) is 20.8 Å². The van der Waals surface area contributed by atoms with Crippen LogP contribution in [0.4, 0.5) is 4.79 Å². The van der Waals surface area contributed by atoms with E-state index >= 15 is 0 Å². The third kappa shape index (κ3) is 2.00. The van der Waals surface area contributed by atoms with Gasteiger partial charge in [0.2, 0.25) is 0 Å². The van der Waals surface area contributed by atoms with Crippen LogP contribution in [-0.2, 0) is 0 Å². The molecule has 0 bridgehead atoms. The lowest BCUT2D eigenvalue weighted by Gasteiger charge is -2.35. The van der Waals surface area contributed by atoms with Crippen LogP contribution in [0, 0.1) is 0 Å². The molecule has 0 aliphatic heterocycles. The molecule has 0 rings (SSSR count). The van der Waals surface area contributed by atoms with Gasteiger partial charge in [-0.3, -0.25) is 0 Å². The molecule has 0 aromatic carbocycles. The van der Waals surface area contributed by atoms with Gasteiger partial charge in [0.15, 0.2) is 8.24 Å². The molecule has 0 fully saturated rings. The van der Waals surface area contributed by atoms with E-state index in [1.807, 2.05) is 0 Å². The Labute approximate surface area is 75.5 Å². The Morgan fingerprint density at radius 3 is 1.67 bits per heavy atom. The molecule has 0 aromatic rings. The highest BCUT2D eigenvalue weighted by atomic mass is 28.3. The van der Waals surface area contributed by atoms with E-state index in [0.717, 1.165) is 18.1 Å². The Kier molecular flexibility index (Phi) is 4.30. The van der Waals surface area contributed by atoms with E-state index in [0.29, 0.717) is 0 Å². The monoisotopic (exact) mass is 189 g/mol.